The Bertz CT molecular complexity index is 466. The van der Waals surface area contributed by atoms with Crippen molar-refractivity contribution in [1.82, 2.24) is 0 Å². The monoisotopic (exact) mass is 247 g/mol. The highest BCUT2D eigenvalue weighted by Crippen LogP contribution is 2.42. The molecule has 96 valence electrons. The van der Waals surface area contributed by atoms with Crippen molar-refractivity contribution in [2.24, 2.45) is 0 Å². The van der Waals surface area contributed by atoms with Crippen molar-refractivity contribution >= 4 is 11.6 Å². The quantitative estimate of drug-likeness (QED) is 0.872. The molecule has 0 aliphatic carbocycles. The summed E-state index contributed by atoms with van der Waals surface area (Å²) in [6, 6.07) is 5.90. The van der Waals surface area contributed by atoms with Gasteiger partial charge in [0, 0.05) is 18.9 Å². The summed E-state index contributed by atoms with van der Waals surface area (Å²) < 4.78 is 11.1. The lowest BCUT2D eigenvalue weighted by Gasteiger charge is -2.30. The third kappa shape index (κ3) is 1.86. The molecule has 1 fully saturated rings. The van der Waals surface area contributed by atoms with Gasteiger partial charge in [-0.15, -0.1) is 0 Å². The summed E-state index contributed by atoms with van der Waals surface area (Å²) in [6.07, 6.45) is 2.79. The molecule has 1 aromatic carbocycles. The number of hydrogen-bond donors (Lipinski definition) is 1. The van der Waals surface area contributed by atoms with Crippen molar-refractivity contribution in [2.45, 2.75) is 31.3 Å². The van der Waals surface area contributed by atoms with E-state index in [1.165, 1.54) is 0 Å². The molecule has 1 amide bonds. The number of benzene rings is 1. The standard InChI is InChI=1S/C14H17NO3/c1-17-12-5-2-4-9-10(11-6-3-7-18-11)8-13(16)15-14(9)12/h2,4-5,10-11H,3,6-8H2,1H3,(H,15,16). The van der Waals surface area contributed by atoms with Crippen molar-refractivity contribution in [2.75, 3.05) is 19.0 Å². The fourth-order valence-electron chi connectivity index (χ4n) is 2.91. The SMILES string of the molecule is COc1cccc2c1NC(=O)CC2C1CCCO1. The van der Waals surface area contributed by atoms with Gasteiger partial charge in [-0.1, -0.05) is 12.1 Å². The van der Waals surface area contributed by atoms with E-state index in [-0.39, 0.29) is 17.9 Å². The summed E-state index contributed by atoms with van der Waals surface area (Å²) in [6.45, 7) is 0.808. The molecule has 2 unspecified atom stereocenters. The van der Waals surface area contributed by atoms with Crippen LogP contribution in [0.1, 0.15) is 30.7 Å². The molecule has 1 saturated heterocycles. The van der Waals surface area contributed by atoms with Crippen LogP contribution in [0.4, 0.5) is 5.69 Å². The van der Waals surface area contributed by atoms with Crippen LogP contribution in [-0.4, -0.2) is 25.7 Å². The maximum absolute atomic E-state index is 11.8. The first kappa shape index (κ1) is 11.5. The van der Waals surface area contributed by atoms with E-state index >= 15 is 0 Å². The van der Waals surface area contributed by atoms with E-state index in [4.69, 9.17) is 9.47 Å². The second kappa shape index (κ2) is 4.61. The second-order valence-corrected chi connectivity index (χ2v) is 4.83. The lowest BCUT2D eigenvalue weighted by atomic mass is 9.85. The van der Waals surface area contributed by atoms with Crippen molar-refractivity contribution in [1.29, 1.82) is 0 Å². The van der Waals surface area contributed by atoms with Crippen LogP contribution in [0.25, 0.3) is 0 Å². The molecule has 2 aliphatic heterocycles. The van der Waals surface area contributed by atoms with Gasteiger partial charge in [0.15, 0.2) is 0 Å². The summed E-state index contributed by atoms with van der Waals surface area (Å²) in [4.78, 5) is 11.8. The first-order valence-electron chi connectivity index (χ1n) is 6.38. The third-order valence-corrected chi connectivity index (χ3v) is 3.76. The Balaban J connectivity index is 2.01. The zero-order chi connectivity index (χ0) is 12.5. The highest BCUT2D eigenvalue weighted by Gasteiger charge is 2.35. The number of ether oxygens (including phenoxy) is 2. The normalized spacial score (nSPS) is 26.6. The van der Waals surface area contributed by atoms with Crippen LogP contribution < -0.4 is 10.1 Å². The molecule has 0 bridgehead atoms. The Labute approximate surface area is 106 Å². The Morgan fingerprint density at radius 2 is 2.33 bits per heavy atom. The number of amides is 1. The summed E-state index contributed by atoms with van der Waals surface area (Å²) >= 11 is 0. The minimum absolute atomic E-state index is 0.0486. The Hall–Kier alpha value is -1.55. The highest BCUT2D eigenvalue weighted by atomic mass is 16.5. The molecule has 0 aromatic heterocycles. The second-order valence-electron chi connectivity index (χ2n) is 4.83. The van der Waals surface area contributed by atoms with E-state index in [1.807, 2.05) is 12.1 Å². The fourth-order valence-corrected chi connectivity index (χ4v) is 2.91. The summed E-state index contributed by atoms with van der Waals surface area (Å²) in [7, 11) is 1.62. The smallest absolute Gasteiger partial charge is 0.225 e. The first-order valence-corrected chi connectivity index (χ1v) is 6.38. The van der Waals surface area contributed by atoms with Gasteiger partial charge in [-0.3, -0.25) is 4.79 Å². The highest BCUT2D eigenvalue weighted by molar-refractivity contribution is 5.96. The number of carbonyl (C=O) groups excluding carboxylic acids is 1. The maximum Gasteiger partial charge on any atom is 0.225 e. The molecule has 3 rings (SSSR count). The number of rotatable bonds is 2. The van der Waals surface area contributed by atoms with Gasteiger partial charge in [0.2, 0.25) is 5.91 Å². The van der Waals surface area contributed by atoms with E-state index < -0.39 is 0 Å². The molecule has 1 N–H and O–H groups in total. The molecule has 1 aromatic rings. The van der Waals surface area contributed by atoms with Gasteiger partial charge in [0.25, 0.3) is 0 Å². The molecular weight excluding hydrogens is 230 g/mol. The third-order valence-electron chi connectivity index (χ3n) is 3.76. The summed E-state index contributed by atoms with van der Waals surface area (Å²) in [5.74, 6) is 0.933. The number of anilines is 1. The van der Waals surface area contributed by atoms with Crippen LogP contribution in [0.5, 0.6) is 5.75 Å². The lowest BCUT2D eigenvalue weighted by molar-refractivity contribution is -0.117. The number of fused-ring (bicyclic) bond motifs is 1. The van der Waals surface area contributed by atoms with Crippen molar-refractivity contribution in [3.63, 3.8) is 0 Å². The van der Waals surface area contributed by atoms with Crippen molar-refractivity contribution in [3.05, 3.63) is 23.8 Å². The van der Waals surface area contributed by atoms with E-state index in [2.05, 4.69) is 11.4 Å². The number of nitrogens with one attached hydrogen (secondary N) is 1. The van der Waals surface area contributed by atoms with Gasteiger partial charge < -0.3 is 14.8 Å². The maximum atomic E-state index is 11.8. The van der Waals surface area contributed by atoms with Crippen LogP contribution in [0.3, 0.4) is 0 Å². The van der Waals surface area contributed by atoms with E-state index in [9.17, 15) is 4.79 Å². The van der Waals surface area contributed by atoms with Gasteiger partial charge in [0.05, 0.1) is 18.9 Å². The number of para-hydroxylation sites is 1. The van der Waals surface area contributed by atoms with Crippen LogP contribution in [0.15, 0.2) is 18.2 Å². The lowest BCUT2D eigenvalue weighted by Crippen LogP contribution is -2.29. The molecule has 2 heterocycles. The average Bonchev–Trinajstić information content (AvgIpc) is 2.90. The van der Waals surface area contributed by atoms with Gasteiger partial charge >= 0.3 is 0 Å². The van der Waals surface area contributed by atoms with Crippen LogP contribution in [0, 0.1) is 0 Å². The van der Waals surface area contributed by atoms with Crippen LogP contribution in [0.2, 0.25) is 0 Å². The topological polar surface area (TPSA) is 47.6 Å². The summed E-state index contributed by atoms with van der Waals surface area (Å²) in [5.41, 5.74) is 1.96. The molecule has 2 aliphatic rings. The van der Waals surface area contributed by atoms with Gasteiger partial charge in [-0.05, 0) is 24.5 Å². The van der Waals surface area contributed by atoms with Crippen molar-refractivity contribution < 1.29 is 14.3 Å². The Kier molecular flexibility index (Phi) is 2.96. The molecule has 0 spiro atoms. The Morgan fingerprint density at radius 1 is 1.44 bits per heavy atom. The minimum Gasteiger partial charge on any atom is -0.495 e. The Morgan fingerprint density at radius 3 is 3.06 bits per heavy atom. The number of carbonyl (C=O) groups is 1. The first-order chi connectivity index (χ1) is 8.79. The molecule has 18 heavy (non-hydrogen) atoms. The van der Waals surface area contributed by atoms with E-state index in [1.54, 1.807) is 7.11 Å². The number of hydrogen-bond acceptors (Lipinski definition) is 3. The fraction of sp³-hybridized carbons (Fsp3) is 0.500. The largest absolute Gasteiger partial charge is 0.495 e. The zero-order valence-corrected chi connectivity index (χ0v) is 10.4. The summed E-state index contributed by atoms with van der Waals surface area (Å²) in [5, 5.41) is 2.91. The van der Waals surface area contributed by atoms with Crippen LogP contribution in [-0.2, 0) is 9.53 Å². The van der Waals surface area contributed by atoms with Gasteiger partial charge in [-0.2, -0.15) is 0 Å². The van der Waals surface area contributed by atoms with E-state index in [0.717, 1.165) is 36.4 Å². The zero-order valence-electron chi connectivity index (χ0n) is 10.4. The minimum atomic E-state index is 0.0486. The average molecular weight is 247 g/mol. The number of methoxy groups -OCH3 is 1. The molecule has 4 heteroatoms. The predicted molar refractivity (Wildman–Crippen MR) is 68.0 cm³/mol. The molecule has 4 nitrogen and oxygen atoms in total. The predicted octanol–water partition coefficient (Wildman–Crippen LogP) is 2.30. The van der Waals surface area contributed by atoms with E-state index in [0.29, 0.717) is 6.42 Å². The molecular formula is C14H17NO3. The van der Waals surface area contributed by atoms with Crippen LogP contribution >= 0.6 is 0 Å². The molecule has 0 saturated carbocycles. The van der Waals surface area contributed by atoms with Gasteiger partial charge in [-0.25, -0.2) is 0 Å². The molecule has 0 radical (unpaired) electrons. The van der Waals surface area contributed by atoms with Gasteiger partial charge in [0.1, 0.15) is 5.75 Å². The van der Waals surface area contributed by atoms with Crippen molar-refractivity contribution in [3.8, 4) is 5.75 Å². The molecule has 2 atom stereocenters.